The largest absolute Gasteiger partial charge is 0.354 e. The molecule has 0 spiro atoms. The van der Waals surface area contributed by atoms with Gasteiger partial charge in [-0.2, -0.15) is 5.10 Å². The molecule has 2 aromatic rings. The van der Waals surface area contributed by atoms with Crippen molar-refractivity contribution in [3.05, 3.63) is 48.3 Å². The van der Waals surface area contributed by atoms with E-state index < -0.39 is 0 Å². The van der Waals surface area contributed by atoms with Crippen LogP contribution in [0.4, 0.5) is 0 Å². The van der Waals surface area contributed by atoms with Crippen LogP contribution in [0.3, 0.4) is 0 Å². The van der Waals surface area contributed by atoms with E-state index in [1.54, 1.807) is 13.2 Å². The average molecular weight is 285 g/mol. The maximum atomic E-state index is 4.23. The third kappa shape index (κ3) is 4.34. The first-order valence-corrected chi connectivity index (χ1v) is 7.29. The van der Waals surface area contributed by atoms with Crippen molar-refractivity contribution in [2.24, 2.45) is 4.99 Å². The summed E-state index contributed by atoms with van der Waals surface area (Å²) in [5.74, 6) is 0.834. The molecule has 0 saturated heterocycles. The molecule has 1 heterocycles. The molecule has 0 amide bonds. The summed E-state index contributed by atoms with van der Waals surface area (Å²) in [6.07, 6.45) is 4.78. The van der Waals surface area contributed by atoms with Gasteiger partial charge in [0, 0.05) is 32.0 Å². The summed E-state index contributed by atoms with van der Waals surface area (Å²) in [7, 11) is 1.79. The van der Waals surface area contributed by atoms with Crippen LogP contribution in [0.25, 0.3) is 5.69 Å². The lowest BCUT2D eigenvalue weighted by atomic mass is 10.2. The first-order chi connectivity index (χ1) is 10.2. The van der Waals surface area contributed by atoms with Crippen LogP contribution >= 0.6 is 0 Å². The first-order valence-electron chi connectivity index (χ1n) is 7.29. The lowest BCUT2D eigenvalue weighted by Crippen LogP contribution is -2.41. The Kier molecular flexibility index (Phi) is 5.37. The van der Waals surface area contributed by atoms with Crippen molar-refractivity contribution in [2.45, 2.75) is 32.9 Å². The Morgan fingerprint density at radius 1 is 1.33 bits per heavy atom. The summed E-state index contributed by atoms with van der Waals surface area (Å²) in [5.41, 5.74) is 2.27. The fourth-order valence-electron chi connectivity index (χ4n) is 1.90. The maximum absolute atomic E-state index is 4.23. The summed E-state index contributed by atoms with van der Waals surface area (Å²) >= 11 is 0. The fraction of sp³-hybridized carbons (Fsp3) is 0.375. The monoisotopic (exact) mass is 285 g/mol. The molecular formula is C16H23N5. The molecule has 1 aromatic heterocycles. The van der Waals surface area contributed by atoms with Crippen molar-refractivity contribution in [1.82, 2.24) is 20.4 Å². The zero-order valence-corrected chi connectivity index (χ0v) is 12.9. The highest BCUT2D eigenvalue weighted by atomic mass is 15.3. The molecule has 0 aliphatic carbocycles. The number of rotatable bonds is 5. The van der Waals surface area contributed by atoms with Gasteiger partial charge < -0.3 is 10.6 Å². The van der Waals surface area contributed by atoms with E-state index in [-0.39, 0.29) is 0 Å². The van der Waals surface area contributed by atoms with Gasteiger partial charge in [-0.25, -0.2) is 4.68 Å². The Morgan fingerprint density at radius 2 is 2.10 bits per heavy atom. The molecule has 0 aliphatic rings. The molecule has 5 nitrogen and oxygen atoms in total. The Morgan fingerprint density at radius 3 is 2.67 bits per heavy atom. The highest BCUT2D eigenvalue weighted by molar-refractivity contribution is 5.79. The van der Waals surface area contributed by atoms with E-state index in [1.807, 2.05) is 16.9 Å². The molecule has 0 radical (unpaired) electrons. The first kappa shape index (κ1) is 15.1. The maximum Gasteiger partial charge on any atom is 0.191 e. The molecule has 0 bridgehead atoms. The minimum atomic E-state index is 0.415. The van der Waals surface area contributed by atoms with Crippen molar-refractivity contribution in [3.8, 4) is 5.69 Å². The van der Waals surface area contributed by atoms with Crippen LogP contribution < -0.4 is 10.6 Å². The van der Waals surface area contributed by atoms with Gasteiger partial charge in [-0.15, -0.1) is 0 Å². The Bertz CT molecular complexity index is 557. The molecule has 112 valence electrons. The van der Waals surface area contributed by atoms with E-state index in [2.05, 4.69) is 58.8 Å². The predicted octanol–water partition coefficient (Wildman–Crippen LogP) is 2.34. The molecule has 5 heteroatoms. The van der Waals surface area contributed by atoms with Crippen LogP contribution in [0.1, 0.15) is 25.8 Å². The lowest BCUT2D eigenvalue weighted by Gasteiger charge is -2.16. The molecule has 2 N–H and O–H groups in total. The van der Waals surface area contributed by atoms with E-state index in [4.69, 9.17) is 0 Å². The number of aromatic nitrogens is 2. The van der Waals surface area contributed by atoms with Crippen molar-refractivity contribution < 1.29 is 0 Å². The second-order valence-electron chi connectivity index (χ2n) is 5.00. The van der Waals surface area contributed by atoms with Gasteiger partial charge in [-0.3, -0.25) is 4.99 Å². The molecule has 2 rings (SSSR count). The molecule has 21 heavy (non-hydrogen) atoms. The zero-order valence-electron chi connectivity index (χ0n) is 12.9. The number of nitrogens with zero attached hydrogens (tertiary/aromatic N) is 3. The summed E-state index contributed by atoms with van der Waals surface area (Å²) in [5, 5.41) is 10.9. The molecule has 0 fully saturated rings. The average Bonchev–Trinajstić information content (AvgIpc) is 3.06. The molecule has 1 aromatic carbocycles. The third-order valence-corrected chi connectivity index (χ3v) is 3.38. The standard InChI is InChI=1S/C16H23N5/c1-4-13(2)20-16(17-3)18-12-14-6-8-15(9-7-14)21-11-5-10-19-21/h5-11,13H,4,12H2,1-3H3,(H2,17,18,20). The van der Waals surface area contributed by atoms with E-state index in [9.17, 15) is 0 Å². The van der Waals surface area contributed by atoms with Crippen LogP contribution in [0, 0.1) is 0 Å². The van der Waals surface area contributed by atoms with Gasteiger partial charge in [0.2, 0.25) is 0 Å². The van der Waals surface area contributed by atoms with Crippen LogP contribution in [-0.4, -0.2) is 28.8 Å². The number of nitrogens with one attached hydrogen (secondary N) is 2. The van der Waals surface area contributed by atoms with Gasteiger partial charge in [-0.05, 0) is 37.1 Å². The van der Waals surface area contributed by atoms with E-state index in [1.165, 1.54) is 5.56 Å². The minimum Gasteiger partial charge on any atom is -0.354 e. The van der Waals surface area contributed by atoms with Gasteiger partial charge >= 0.3 is 0 Å². The van der Waals surface area contributed by atoms with E-state index >= 15 is 0 Å². The van der Waals surface area contributed by atoms with Crippen LogP contribution in [0.5, 0.6) is 0 Å². The number of hydrogen-bond acceptors (Lipinski definition) is 2. The summed E-state index contributed by atoms with van der Waals surface area (Å²) in [6, 6.07) is 10.7. The molecule has 0 aliphatic heterocycles. The summed E-state index contributed by atoms with van der Waals surface area (Å²) < 4.78 is 1.85. The number of guanidine groups is 1. The van der Waals surface area contributed by atoms with E-state index in [0.717, 1.165) is 24.6 Å². The third-order valence-electron chi connectivity index (χ3n) is 3.38. The second kappa shape index (κ2) is 7.47. The van der Waals surface area contributed by atoms with Crippen molar-refractivity contribution in [3.63, 3.8) is 0 Å². The normalized spacial score (nSPS) is 13.0. The van der Waals surface area contributed by atoms with Gasteiger partial charge in [0.15, 0.2) is 5.96 Å². The van der Waals surface area contributed by atoms with Gasteiger partial charge in [0.25, 0.3) is 0 Å². The summed E-state index contributed by atoms with van der Waals surface area (Å²) in [4.78, 5) is 4.23. The van der Waals surface area contributed by atoms with E-state index in [0.29, 0.717) is 6.04 Å². The fourth-order valence-corrected chi connectivity index (χ4v) is 1.90. The van der Waals surface area contributed by atoms with Crippen LogP contribution in [0.15, 0.2) is 47.7 Å². The van der Waals surface area contributed by atoms with Crippen LogP contribution in [0.2, 0.25) is 0 Å². The molecule has 1 unspecified atom stereocenters. The quantitative estimate of drug-likeness (QED) is 0.655. The minimum absolute atomic E-state index is 0.415. The highest BCUT2D eigenvalue weighted by Gasteiger charge is 2.03. The SMILES string of the molecule is CCC(C)NC(=NC)NCc1ccc(-n2cccn2)cc1. The molecule has 0 saturated carbocycles. The second-order valence-corrected chi connectivity index (χ2v) is 5.00. The number of aliphatic imine (C=N–C) groups is 1. The lowest BCUT2D eigenvalue weighted by molar-refractivity contribution is 0.624. The van der Waals surface area contributed by atoms with Gasteiger partial charge in [0.05, 0.1) is 5.69 Å². The van der Waals surface area contributed by atoms with Crippen molar-refractivity contribution in [2.75, 3.05) is 7.05 Å². The van der Waals surface area contributed by atoms with Crippen LogP contribution in [-0.2, 0) is 6.54 Å². The Hall–Kier alpha value is -2.30. The topological polar surface area (TPSA) is 54.2 Å². The molecular weight excluding hydrogens is 262 g/mol. The Balaban J connectivity index is 1.91. The summed E-state index contributed by atoms with van der Waals surface area (Å²) in [6.45, 7) is 5.04. The van der Waals surface area contributed by atoms with Crippen molar-refractivity contribution in [1.29, 1.82) is 0 Å². The van der Waals surface area contributed by atoms with Crippen molar-refractivity contribution >= 4 is 5.96 Å². The predicted molar refractivity (Wildman–Crippen MR) is 86.7 cm³/mol. The Labute approximate surface area is 126 Å². The van der Waals surface area contributed by atoms with Gasteiger partial charge in [0.1, 0.15) is 0 Å². The smallest absolute Gasteiger partial charge is 0.191 e. The van der Waals surface area contributed by atoms with Gasteiger partial charge in [-0.1, -0.05) is 19.1 Å². The number of hydrogen-bond donors (Lipinski definition) is 2. The zero-order chi connectivity index (χ0) is 15.1. The number of benzene rings is 1. The highest BCUT2D eigenvalue weighted by Crippen LogP contribution is 2.08. The molecule has 1 atom stereocenters.